The van der Waals surface area contributed by atoms with Gasteiger partial charge in [-0.3, -0.25) is 19.3 Å². The summed E-state index contributed by atoms with van der Waals surface area (Å²) in [5.74, 6) is -0.267. The summed E-state index contributed by atoms with van der Waals surface area (Å²) in [4.78, 5) is 32.4. The molecule has 2 aromatic rings. The molecule has 1 saturated heterocycles. The van der Waals surface area contributed by atoms with Crippen LogP contribution in [-0.4, -0.2) is 50.1 Å². The first kappa shape index (κ1) is 23.0. The number of amides is 2. The molecule has 0 aromatic heterocycles. The number of aliphatic imine (C=N–C) groups is 1. The quantitative estimate of drug-likeness (QED) is 0.703. The molecule has 2 aliphatic heterocycles. The van der Waals surface area contributed by atoms with Gasteiger partial charge in [0.2, 0.25) is 11.8 Å². The Morgan fingerprint density at radius 3 is 2.33 bits per heavy atom. The van der Waals surface area contributed by atoms with Crippen LogP contribution in [0.25, 0.3) is 0 Å². The van der Waals surface area contributed by atoms with Crippen LogP contribution < -0.4 is 10.0 Å². The minimum absolute atomic E-state index is 0.0362. The highest BCUT2D eigenvalue weighted by atomic mass is 32.2. The third-order valence-corrected chi connectivity index (χ3v) is 7.43. The maximum absolute atomic E-state index is 13.3. The van der Waals surface area contributed by atoms with E-state index in [4.69, 9.17) is 0 Å². The molecular weight excluding hydrogens is 440 g/mol. The number of hydrogen-bond acceptors (Lipinski definition) is 5. The third kappa shape index (κ3) is 4.93. The summed E-state index contributed by atoms with van der Waals surface area (Å²) in [6, 6.07) is 15.2. The zero-order valence-corrected chi connectivity index (χ0v) is 19.5. The van der Waals surface area contributed by atoms with E-state index in [-0.39, 0.29) is 34.4 Å². The van der Waals surface area contributed by atoms with Crippen molar-refractivity contribution < 1.29 is 18.0 Å². The highest BCUT2D eigenvalue weighted by molar-refractivity contribution is 7.90. The lowest BCUT2D eigenvalue weighted by Gasteiger charge is -2.33. The Bertz CT molecular complexity index is 1170. The van der Waals surface area contributed by atoms with Crippen molar-refractivity contribution in [2.45, 2.75) is 37.6 Å². The van der Waals surface area contributed by atoms with Gasteiger partial charge in [-0.05, 0) is 43.0 Å². The maximum Gasteiger partial charge on any atom is 0.263 e. The summed E-state index contributed by atoms with van der Waals surface area (Å²) < 4.78 is 27.3. The van der Waals surface area contributed by atoms with Gasteiger partial charge in [0, 0.05) is 30.3 Å². The molecule has 174 valence electrons. The Morgan fingerprint density at radius 1 is 1.03 bits per heavy atom. The fourth-order valence-corrected chi connectivity index (χ4v) is 5.41. The number of likely N-dealkylation sites (tertiary alicyclic amines) is 1. The van der Waals surface area contributed by atoms with Crippen molar-refractivity contribution in [3.05, 3.63) is 60.2 Å². The van der Waals surface area contributed by atoms with Crippen LogP contribution in [0.15, 0.2) is 64.5 Å². The highest BCUT2D eigenvalue weighted by Gasteiger charge is 2.35. The van der Waals surface area contributed by atoms with E-state index in [9.17, 15) is 18.0 Å². The number of piperidine rings is 1. The number of benzene rings is 2. The fourth-order valence-electron chi connectivity index (χ4n) is 4.17. The van der Waals surface area contributed by atoms with E-state index in [1.807, 2.05) is 44.2 Å². The van der Waals surface area contributed by atoms with Gasteiger partial charge in [-0.15, -0.1) is 0 Å². The number of fused-ring (bicyclic) bond motifs is 1. The van der Waals surface area contributed by atoms with E-state index < -0.39 is 16.1 Å². The zero-order valence-electron chi connectivity index (χ0n) is 18.7. The lowest BCUT2D eigenvalue weighted by atomic mass is 9.94. The van der Waals surface area contributed by atoms with Crippen molar-refractivity contribution in [3.63, 3.8) is 0 Å². The molecule has 0 unspecified atom stereocenters. The number of nitrogens with one attached hydrogen (secondary N) is 2. The van der Waals surface area contributed by atoms with Gasteiger partial charge in [-0.1, -0.05) is 44.2 Å². The Kier molecular flexibility index (Phi) is 6.51. The molecule has 8 nitrogen and oxygen atoms in total. The lowest BCUT2D eigenvalue weighted by Crippen LogP contribution is -2.47. The van der Waals surface area contributed by atoms with Crippen molar-refractivity contribution in [3.8, 4) is 0 Å². The maximum atomic E-state index is 13.3. The normalized spacial score (nSPS) is 19.7. The van der Waals surface area contributed by atoms with Gasteiger partial charge in [0.25, 0.3) is 10.0 Å². The van der Waals surface area contributed by atoms with Crippen LogP contribution in [0.4, 0.5) is 5.69 Å². The molecule has 1 atom stereocenters. The summed E-state index contributed by atoms with van der Waals surface area (Å²) >= 11 is 0. The molecule has 2 N–H and O–H groups in total. The number of nitrogens with zero attached hydrogens (tertiary/aromatic N) is 2. The van der Waals surface area contributed by atoms with Crippen molar-refractivity contribution in [1.82, 2.24) is 9.62 Å². The average Bonchev–Trinajstić information content (AvgIpc) is 3.07. The van der Waals surface area contributed by atoms with Gasteiger partial charge < -0.3 is 10.2 Å². The van der Waals surface area contributed by atoms with E-state index >= 15 is 0 Å². The van der Waals surface area contributed by atoms with E-state index in [1.165, 1.54) is 6.07 Å². The topological polar surface area (TPSA) is 108 Å². The molecule has 0 radical (unpaired) electrons. The van der Waals surface area contributed by atoms with Crippen LogP contribution in [0.1, 0.15) is 32.3 Å². The lowest BCUT2D eigenvalue weighted by molar-refractivity contribution is -0.136. The Hall–Kier alpha value is -3.20. The second kappa shape index (κ2) is 9.35. The predicted molar refractivity (Wildman–Crippen MR) is 126 cm³/mol. The largest absolute Gasteiger partial charge is 0.341 e. The SMILES string of the molecule is CC(C)[C@H](N=C1NS(=O)(=O)c2ccccc21)C(=O)N1CCC(C(=O)Nc2ccccc2)CC1. The van der Waals surface area contributed by atoms with E-state index in [0.29, 0.717) is 31.5 Å². The van der Waals surface area contributed by atoms with Gasteiger partial charge >= 0.3 is 0 Å². The van der Waals surface area contributed by atoms with Gasteiger partial charge in [0.1, 0.15) is 11.9 Å². The minimum atomic E-state index is -3.67. The molecule has 0 aliphatic carbocycles. The summed E-state index contributed by atoms with van der Waals surface area (Å²) in [5, 5.41) is 2.93. The molecule has 0 bridgehead atoms. The molecule has 2 heterocycles. The van der Waals surface area contributed by atoms with Gasteiger partial charge in [0.15, 0.2) is 0 Å². The van der Waals surface area contributed by atoms with Gasteiger partial charge in [-0.2, -0.15) is 0 Å². The Morgan fingerprint density at radius 2 is 1.67 bits per heavy atom. The molecule has 9 heteroatoms. The second-order valence-corrected chi connectivity index (χ2v) is 10.4. The third-order valence-electron chi connectivity index (χ3n) is 6.03. The Balaban J connectivity index is 1.44. The van der Waals surface area contributed by atoms with Crippen molar-refractivity contribution in [2.75, 3.05) is 18.4 Å². The number of amidine groups is 1. The molecule has 1 fully saturated rings. The van der Waals surface area contributed by atoms with Crippen molar-refractivity contribution >= 4 is 33.4 Å². The van der Waals surface area contributed by atoms with Gasteiger partial charge in [-0.25, -0.2) is 8.42 Å². The van der Waals surface area contributed by atoms with Crippen LogP contribution in [0.3, 0.4) is 0 Å². The summed E-state index contributed by atoms with van der Waals surface area (Å²) in [5.41, 5.74) is 1.24. The number of carbonyl (C=O) groups excluding carboxylic acids is 2. The predicted octanol–water partition coefficient (Wildman–Crippen LogP) is 2.63. The molecule has 2 aliphatic rings. The van der Waals surface area contributed by atoms with Crippen LogP contribution >= 0.6 is 0 Å². The van der Waals surface area contributed by atoms with E-state index in [1.54, 1.807) is 23.1 Å². The number of anilines is 1. The smallest absolute Gasteiger partial charge is 0.263 e. The summed E-state index contributed by atoms with van der Waals surface area (Å²) in [6.45, 7) is 4.70. The number of para-hydroxylation sites is 1. The van der Waals surface area contributed by atoms with E-state index in [2.05, 4.69) is 15.0 Å². The molecule has 0 saturated carbocycles. The van der Waals surface area contributed by atoms with Crippen molar-refractivity contribution in [1.29, 1.82) is 0 Å². The Labute approximate surface area is 194 Å². The number of rotatable bonds is 5. The minimum Gasteiger partial charge on any atom is -0.341 e. The first-order valence-electron chi connectivity index (χ1n) is 11.1. The zero-order chi connectivity index (χ0) is 23.6. The average molecular weight is 469 g/mol. The first-order chi connectivity index (χ1) is 15.8. The summed E-state index contributed by atoms with van der Waals surface area (Å²) in [7, 11) is -3.67. The first-order valence-corrected chi connectivity index (χ1v) is 12.6. The monoisotopic (exact) mass is 468 g/mol. The molecule has 4 rings (SSSR count). The molecule has 0 spiro atoms. The van der Waals surface area contributed by atoms with Crippen LogP contribution in [0.2, 0.25) is 0 Å². The fraction of sp³-hybridized carbons (Fsp3) is 0.375. The van der Waals surface area contributed by atoms with Crippen LogP contribution in [0.5, 0.6) is 0 Å². The van der Waals surface area contributed by atoms with Crippen LogP contribution in [0, 0.1) is 11.8 Å². The molecule has 33 heavy (non-hydrogen) atoms. The number of hydrogen-bond donors (Lipinski definition) is 2. The second-order valence-electron chi connectivity index (χ2n) is 8.72. The number of sulfonamides is 1. The number of carbonyl (C=O) groups is 2. The van der Waals surface area contributed by atoms with Gasteiger partial charge in [0.05, 0.1) is 4.90 Å². The standard InChI is InChI=1S/C24H28N4O4S/c1-16(2)21(26-22-19-10-6-7-11-20(19)33(31,32)27-22)24(30)28-14-12-17(13-15-28)23(29)25-18-8-4-3-5-9-18/h3-11,16-17,21H,12-15H2,1-2H3,(H,25,29)(H,26,27)/t21-/m0/s1. The van der Waals surface area contributed by atoms with Crippen molar-refractivity contribution in [2.24, 2.45) is 16.8 Å². The highest BCUT2D eigenvalue weighted by Crippen LogP contribution is 2.25. The molecule has 2 amide bonds. The molecular formula is C24H28N4O4S. The van der Waals surface area contributed by atoms with Crippen LogP contribution in [-0.2, 0) is 19.6 Å². The van der Waals surface area contributed by atoms with E-state index in [0.717, 1.165) is 5.69 Å². The molecule has 2 aromatic carbocycles. The summed E-state index contributed by atoms with van der Waals surface area (Å²) in [6.07, 6.45) is 1.14.